The van der Waals surface area contributed by atoms with Crippen molar-refractivity contribution in [3.05, 3.63) is 11.6 Å². The highest BCUT2D eigenvalue weighted by Gasteiger charge is 2.29. The van der Waals surface area contributed by atoms with E-state index in [2.05, 4.69) is 0 Å². The first kappa shape index (κ1) is 15.2. The molecule has 1 aromatic rings. The molecule has 1 aliphatic heterocycles. The molecule has 0 radical (unpaired) electrons. The summed E-state index contributed by atoms with van der Waals surface area (Å²) in [6.07, 6.45) is 0.185. The molecule has 0 spiro atoms. The van der Waals surface area contributed by atoms with E-state index in [1.165, 1.54) is 18.0 Å². The normalized spacial score (nSPS) is 20.5. The van der Waals surface area contributed by atoms with Gasteiger partial charge >= 0.3 is 0 Å². The van der Waals surface area contributed by atoms with E-state index in [0.717, 1.165) is 28.5 Å². The molecule has 1 atom stereocenters. The van der Waals surface area contributed by atoms with Gasteiger partial charge in [-0.15, -0.1) is 11.3 Å². The predicted molar refractivity (Wildman–Crippen MR) is 74.6 cm³/mol. The topological polar surface area (TPSA) is 92.9 Å². The first-order chi connectivity index (χ1) is 8.91. The number of aliphatic hydroxyl groups excluding tert-OH is 1. The quantitative estimate of drug-likeness (QED) is 0.614. The lowest BCUT2D eigenvalue weighted by atomic mass is 10.2. The minimum Gasteiger partial charge on any atom is -0.387 e. The van der Waals surface area contributed by atoms with Crippen LogP contribution in [0.3, 0.4) is 0 Å². The number of fused-ring (bicyclic) bond motifs is 1. The Kier molecular flexibility index (Phi) is 4.88. The summed E-state index contributed by atoms with van der Waals surface area (Å²) < 4.78 is 30.5. The van der Waals surface area contributed by atoms with Crippen LogP contribution in [-0.2, 0) is 14.8 Å². The standard InChI is InChI=1S/C10H16N2O4S3/c1-16-4-2-3-12-6-8(13)7-5-9(19(11,14)15)17-10(7)18-12/h5,8,13H,2-4,6H2,1H3,(H2,11,14,15). The Morgan fingerprint density at radius 2 is 2.37 bits per heavy atom. The summed E-state index contributed by atoms with van der Waals surface area (Å²) >= 11 is 2.57. The number of hydrogen-bond acceptors (Lipinski definition) is 7. The summed E-state index contributed by atoms with van der Waals surface area (Å²) in [4.78, 5) is 0. The zero-order chi connectivity index (χ0) is 14.0. The summed E-state index contributed by atoms with van der Waals surface area (Å²) in [7, 11) is -2.06. The van der Waals surface area contributed by atoms with Gasteiger partial charge in [-0.2, -0.15) is 0 Å². The van der Waals surface area contributed by atoms with Gasteiger partial charge in [0.1, 0.15) is 4.21 Å². The third-order valence-electron chi connectivity index (χ3n) is 2.69. The number of primary sulfonamides is 1. The van der Waals surface area contributed by atoms with Crippen LogP contribution < -0.4 is 5.14 Å². The zero-order valence-corrected chi connectivity index (χ0v) is 12.9. The van der Waals surface area contributed by atoms with E-state index in [1.54, 1.807) is 7.11 Å². The van der Waals surface area contributed by atoms with Gasteiger partial charge in [-0.1, -0.05) is 0 Å². The number of rotatable bonds is 5. The van der Waals surface area contributed by atoms with Gasteiger partial charge < -0.3 is 9.84 Å². The van der Waals surface area contributed by atoms with Crippen LogP contribution >= 0.6 is 23.3 Å². The molecule has 1 unspecified atom stereocenters. The molecule has 6 nitrogen and oxygen atoms in total. The first-order valence-electron chi connectivity index (χ1n) is 5.68. The van der Waals surface area contributed by atoms with Crippen molar-refractivity contribution >= 4 is 33.3 Å². The van der Waals surface area contributed by atoms with E-state index in [9.17, 15) is 13.5 Å². The average molecular weight is 324 g/mol. The number of nitrogens with zero attached hydrogens (tertiary/aromatic N) is 1. The van der Waals surface area contributed by atoms with Crippen LogP contribution in [0.2, 0.25) is 0 Å². The molecule has 0 aliphatic carbocycles. The molecule has 0 saturated carbocycles. The van der Waals surface area contributed by atoms with Crippen LogP contribution in [0.1, 0.15) is 18.1 Å². The van der Waals surface area contributed by atoms with E-state index < -0.39 is 16.1 Å². The van der Waals surface area contributed by atoms with Gasteiger partial charge in [0.05, 0.1) is 10.3 Å². The van der Waals surface area contributed by atoms with Crippen molar-refractivity contribution in [1.82, 2.24) is 4.31 Å². The highest BCUT2D eigenvalue weighted by Crippen LogP contribution is 2.43. The Balaban J connectivity index is 2.13. The van der Waals surface area contributed by atoms with E-state index >= 15 is 0 Å². The van der Waals surface area contributed by atoms with Crippen molar-refractivity contribution in [3.8, 4) is 0 Å². The van der Waals surface area contributed by atoms with Crippen molar-refractivity contribution in [2.75, 3.05) is 26.8 Å². The highest BCUT2D eigenvalue weighted by molar-refractivity contribution is 7.99. The minimum atomic E-state index is -3.70. The SMILES string of the molecule is COCCCN1CC(O)c2cc(S(N)(=O)=O)sc2S1. The Hall–Kier alpha value is -0.160. The maximum absolute atomic E-state index is 11.3. The number of methoxy groups -OCH3 is 1. The second-order valence-electron chi connectivity index (χ2n) is 4.19. The fourth-order valence-corrected chi connectivity index (χ4v) is 5.33. The van der Waals surface area contributed by atoms with Gasteiger partial charge in [0, 0.05) is 32.4 Å². The molecule has 2 rings (SSSR count). The largest absolute Gasteiger partial charge is 0.387 e. The van der Waals surface area contributed by atoms with Crippen molar-refractivity contribution in [1.29, 1.82) is 0 Å². The molecule has 19 heavy (non-hydrogen) atoms. The van der Waals surface area contributed by atoms with Crippen molar-refractivity contribution < 1.29 is 18.3 Å². The van der Waals surface area contributed by atoms with Crippen molar-refractivity contribution in [2.24, 2.45) is 5.14 Å². The maximum atomic E-state index is 11.3. The Bertz CT molecular complexity index is 543. The van der Waals surface area contributed by atoms with E-state index in [-0.39, 0.29) is 4.21 Å². The lowest BCUT2D eigenvalue weighted by Gasteiger charge is -2.28. The molecule has 9 heteroatoms. The maximum Gasteiger partial charge on any atom is 0.247 e. The fraction of sp³-hybridized carbons (Fsp3) is 0.600. The monoisotopic (exact) mass is 324 g/mol. The van der Waals surface area contributed by atoms with Crippen LogP contribution in [0.4, 0.5) is 0 Å². The van der Waals surface area contributed by atoms with E-state index in [1.807, 2.05) is 4.31 Å². The van der Waals surface area contributed by atoms with Gasteiger partial charge in [-0.25, -0.2) is 17.9 Å². The Morgan fingerprint density at radius 3 is 3.00 bits per heavy atom. The molecule has 0 amide bonds. The van der Waals surface area contributed by atoms with Crippen LogP contribution in [0.15, 0.2) is 14.5 Å². The number of sulfonamides is 1. The molecule has 3 N–H and O–H groups in total. The molecular formula is C10H16N2O4S3. The second-order valence-corrected chi connectivity index (χ2v) is 8.40. The van der Waals surface area contributed by atoms with Crippen molar-refractivity contribution in [3.63, 3.8) is 0 Å². The molecule has 0 saturated heterocycles. The number of β-amino-alcohol motifs (C(OH)–C–C–N with tert-alkyl or cyclic N) is 1. The van der Waals surface area contributed by atoms with Gasteiger partial charge in [-0.05, 0) is 24.4 Å². The summed E-state index contributed by atoms with van der Waals surface area (Å²) in [5.74, 6) is 0. The second kappa shape index (κ2) is 6.08. The van der Waals surface area contributed by atoms with Crippen LogP contribution in [0.5, 0.6) is 0 Å². The Morgan fingerprint density at radius 1 is 1.63 bits per heavy atom. The third kappa shape index (κ3) is 3.69. The summed E-state index contributed by atoms with van der Waals surface area (Å²) in [6, 6.07) is 1.47. The van der Waals surface area contributed by atoms with Gasteiger partial charge in [-0.3, -0.25) is 0 Å². The highest BCUT2D eigenvalue weighted by atomic mass is 32.3. The van der Waals surface area contributed by atoms with Crippen molar-refractivity contribution in [2.45, 2.75) is 20.9 Å². The molecule has 1 aromatic heterocycles. The number of ether oxygens (including phenoxy) is 1. The lowest BCUT2D eigenvalue weighted by Crippen LogP contribution is -2.27. The van der Waals surface area contributed by atoms with Crippen LogP contribution in [0.25, 0.3) is 0 Å². The molecule has 0 bridgehead atoms. The Labute approximate surface area is 120 Å². The fourth-order valence-electron chi connectivity index (χ4n) is 1.78. The lowest BCUT2D eigenvalue weighted by molar-refractivity contribution is 0.137. The molecule has 2 heterocycles. The number of nitrogens with two attached hydrogens (primary N) is 1. The number of aliphatic hydroxyl groups is 1. The van der Waals surface area contributed by atoms with Gasteiger partial charge in [0.25, 0.3) is 0 Å². The number of thiophene rings is 1. The summed E-state index contributed by atoms with van der Waals surface area (Å²) in [6.45, 7) is 1.91. The van der Waals surface area contributed by atoms with Crippen LogP contribution in [0, 0.1) is 0 Å². The van der Waals surface area contributed by atoms with Gasteiger partial charge in [0.15, 0.2) is 0 Å². The molecular weight excluding hydrogens is 308 g/mol. The first-order valence-corrected chi connectivity index (χ1v) is 8.82. The molecule has 0 aromatic carbocycles. The molecule has 0 fully saturated rings. The zero-order valence-electron chi connectivity index (χ0n) is 10.4. The molecule has 108 valence electrons. The van der Waals surface area contributed by atoms with Gasteiger partial charge in [0.2, 0.25) is 10.0 Å². The van der Waals surface area contributed by atoms with E-state index in [0.29, 0.717) is 18.7 Å². The predicted octanol–water partition coefficient (Wildman–Crippen LogP) is 0.788. The summed E-state index contributed by atoms with van der Waals surface area (Å²) in [5.41, 5.74) is 0.655. The molecule has 1 aliphatic rings. The van der Waals surface area contributed by atoms with E-state index in [4.69, 9.17) is 9.88 Å². The minimum absolute atomic E-state index is 0.0998. The smallest absolute Gasteiger partial charge is 0.247 e. The average Bonchev–Trinajstić information content (AvgIpc) is 2.73. The van der Waals surface area contributed by atoms with Crippen LogP contribution in [-0.4, -0.2) is 44.6 Å². The third-order valence-corrected chi connectivity index (χ3v) is 6.52. The summed E-state index contributed by atoms with van der Waals surface area (Å²) in [5, 5.41) is 15.2. The number of hydrogen-bond donors (Lipinski definition) is 2.